The maximum atomic E-state index is 13.1. The number of hydrogen-bond donors (Lipinski definition) is 1. The molecule has 0 saturated carbocycles. The number of fused-ring (bicyclic) bond motifs is 3. The molecule has 6 heterocycles. The second kappa shape index (κ2) is 10.3. The number of rotatable bonds is 5. The number of piperidine rings is 1. The third-order valence-corrected chi connectivity index (χ3v) is 8.47. The Morgan fingerprint density at radius 2 is 1.74 bits per heavy atom. The van der Waals surface area contributed by atoms with Crippen LogP contribution in [0.15, 0.2) is 33.7 Å². The molecule has 2 aliphatic rings. The number of carbonyl (C=O) groups excluding carboxylic acids is 2. The van der Waals surface area contributed by atoms with Crippen LogP contribution in [0.1, 0.15) is 40.2 Å². The molecule has 0 aromatic carbocycles. The quantitative estimate of drug-likeness (QED) is 0.353. The summed E-state index contributed by atoms with van der Waals surface area (Å²) in [6.07, 6.45) is 5.45. The van der Waals surface area contributed by atoms with Gasteiger partial charge in [-0.05, 0) is 34.1 Å². The first-order chi connectivity index (χ1) is 20.3. The number of anilines is 2. The number of aryl methyl sites for hydroxylation is 1. The van der Waals surface area contributed by atoms with E-state index in [0.29, 0.717) is 35.4 Å². The van der Waals surface area contributed by atoms with E-state index < -0.39 is 28.8 Å². The van der Waals surface area contributed by atoms with Crippen LogP contribution in [0, 0.1) is 0 Å². The molecule has 16 heteroatoms. The molecule has 1 N–H and O–H groups in total. The van der Waals surface area contributed by atoms with Crippen molar-refractivity contribution < 1.29 is 14.3 Å². The molecule has 2 fully saturated rings. The van der Waals surface area contributed by atoms with Crippen LogP contribution >= 0.6 is 11.3 Å². The highest BCUT2D eigenvalue weighted by Crippen LogP contribution is 2.36. The lowest BCUT2D eigenvalue weighted by Gasteiger charge is -2.55. The first kappa shape index (κ1) is 28.5. The van der Waals surface area contributed by atoms with Crippen molar-refractivity contribution in [3.8, 4) is 11.3 Å². The molecule has 226 valence electrons. The van der Waals surface area contributed by atoms with E-state index in [0.717, 1.165) is 11.0 Å². The van der Waals surface area contributed by atoms with Crippen LogP contribution in [0.4, 0.5) is 15.9 Å². The number of likely N-dealkylation sites (tertiary alicyclic amines) is 1. The van der Waals surface area contributed by atoms with E-state index in [1.165, 1.54) is 40.9 Å². The number of imidazole rings is 1. The number of nitrogens with one attached hydrogen (secondary N) is 1. The molecule has 2 amide bonds. The highest BCUT2D eigenvalue weighted by Gasteiger charge is 2.48. The van der Waals surface area contributed by atoms with Gasteiger partial charge in [-0.25, -0.2) is 29.5 Å². The number of carbonyl (C=O) groups is 2. The maximum absolute atomic E-state index is 13.1. The Kier molecular flexibility index (Phi) is 6.82. The van der Waals surface area contributed by atoms with E-state index in [1.54, 1.807) is 29.6 Å². The van der Waals surface area contributed by atoms with Gasteiger partial charge in [-0.1, -0.05) is 0 Å². The molecule has 4 aromatic heterocycles. The van der Waals surface area contributed by atoms with Crippen molar-refractivity contribution in [1.82, 2.24) is 38.5 Å². The number of aromatic nitrogens is 7. The second-order valence-electron chi connectivity index (χ2n) is 11.8. The Bertz CT molecular complexity index is 1840. The number of amides is 2. The van der Waals surface area contributed by atoms with Gasteiger partial charge in [-0.2, -0.15) is 0 Å². The van der Waals surface area contributed by atoms with Gasteiger partial charge in [-0.15, -0.1) is 11.3 Å². The molecule has 4 aromatic rings. The first-order valence-corrected chi connectivity index (χ1v) is 14.7. The number of hydrogen-bond acceptors (Lipinski definition) is 11. The van der Waals surface area contributed by atoms with Crippen molar-refractivity contribution in [2.24, 2.45) is 14.1 Å². The minimum absolute atomic E-state index is 0.137. The predicted octanol–water partition coefficient (Wildman–Crippen LogP) is 1.74. The van der Waals surface area contributed by atoms with E-state index in [4.69, 9.17) is 4.74 Å². The smallest absolute Gasteiger partial charge is 0.410 e. The zero-order valence-electron chi connectivity index (χ0n) is 24.6. The monoisotopic (exact) mass is 608 g/mol. The Morgan fingerprint density at radius 1 is 1.07 bits per heavy atom. The van der Waals surface area contributed by atoms with Crippen LogP contribution in [0.25, 0.3) is 22.4 Å². The van der Waals surface area contributed by atoms with Gasteiger partial charge in [0.25, 0.3) is 5.56 Å². The van der Waals surface area contributed by atoms with Gasteiger partial charge in [0.2, 0.25) is 11.9 Å². The number of nitrogens with zero attached hydrogens (tertiary/aromatic N) is 9. The largest absolute Gasteiger partial charge is 0.444 e. The molecule has 2 saturated heterocycles. The molecule has 3 atom stereocenters. The molecule has 15 nitrogen and oxygen atoms in total. The van der Waals surface area contributed by atoms with Crippen molar-refractivity contribution in [3.63, 3.8) is 0 Å². The van der Waals surface area contributed by atoms with Gasteiger partial charge in [-0.3, -0.25) is 18.7 Å². The summed E-state index contributed by atoms with van der Waals surface area (Å²) in [6.45, 7) is 8.33. The van der Waals surface area contributed by atoms with Crippen LogP contribution in [-0.2, 0) is 23.6 Å². The molecule has 43 heavy (non-hydrogen) atoms. The fourth-order valence-corrected chi connectivity index (χ4v) is 6.18. The topological polar surface area (TPSA) is 162 Å². The zero-order valence-corrected chi connectivity index (χ0v) is 25.5. The summed E-state index contributed by atoms with van der Waals surface area (Å²) in [7, 11) is 2.91. The number of ether oxygens (including phenoxy) is 1. The van der Waals surface area contributed by atoms with E-state index in [1.807, 2.05) is 20.8 Å². The highest BCUT2D eigenvalue weighted by atomic mass is 32.1. The van der Waals surface area contributed by atoms with Gasteiger partial charge < -0.3 is 24.4 Å². The summed E-state index contributed by atoms with van der Waals surface area (Å²) in [5, 5.41) is 4.97. The average molecular weight is 609 g/mol. The first-order valence-electron chi connectivity index (χ1n) is 13.8. The van der Waals surface area contributed by atoms with Crippen molar-refractivity contribution in [2.45, 2.75) is 57.8 Å². The second-order valence-corrected chi connectivity index (χ2v) is 12.7. The summed E-state index contributed by atoms with van der Waals surface area (Å²) in [6, 6.07) is -0.525. The fourth-order valence-electron chi connectivity index (χ4n) is 5.46. The SMILES string of the molecule is C[C@@H](C(=O)Nc1nc(-c2cnc(N3C4CC3CN(C(=O)OC(C)(C)C)C4)nc2)cs1)n1cnc2c1c(=O)n(C)c(=O)n2C. The van der Waals surface area contributed by atoms with E-state index >= 15 is 0 Å². The van der Waals surface area contributed by atoms with Crippen molar-refractivity contribution in [3.05, 3.63) is 44.9 Å². The van der Waals surface area contributed by atoms with Gasteiger partial charge in [0.1, 0.15) is 11.6 Å². The van der Waals surface area contributed by atoms with Crippen LogP contribution in [0.3, 0.4) is 0 Å². The Hall–Kier alpha value is -4.60. The molecule has 6 rings (SSSR count). The summed E-state index contributed by atoms with van der Waals surface area (Å²) >= 11 is 1.25. The van der Waals surface area contributed by atoms with Crippen molar-refractivity contribution in [2.75, 3.05) is 23.3 Å². The molecule has 2 aliphatic heterocycles. The molecular weight excluding hydrogens is 576 g/mol. The minimum Gasteiger partial charge on any atom is -0.444 e. The standard InChI is InChI=1S/C27H32N10O5S/c1-14(36-13-30-20-19(36)22(39)34(6)25(40)33(20)5)21(38)32-24-31-18(12-43-24)15-8-28-23(29-9-15)37-16-7-17(37)11-35(10-16)26(41)42-27(2,3)4/h8-9,12-14,16-17H,7,10-11H2,1-6H3,(H,31,32,38)/t14-,16?,17?/m0/s1. The Morgan fingerprint density at radius 3 is 2.40 bits per heavy atom. The zero-order chi connectivity index (χ0) is 30.8. The van der Waals surface area contributed by atoms with Crippen molar-refractivity contribution in [1.29, 1.82) is 0 Å². The molecule has 0 aliphatic carbocycles. The fraction of sp³-hybridized carbons (Fsp3) is 0.481. The van der Waals surface area contributed by atoms with E-state index in [9.17, 15) is 19.2 Å². The summed E-state index contributed by atoms with van der Waals surface area (Å²) in [4.78, 5) is 72.3. The van der Waals surface area contributed by atoms with Gasteiger partial charge in [0.15, 0.2) is 16.3 Å². The van der Waals surface area contributed by atoms with Crippen molar-refractivity contribution >= 4 is 45.6 Å². The number of thiazole rings is 1. The highest BCUT2D eigenvalue weighted by molar-refractivity contribution is 7.14. The predicted molar refractivity (Wildman–Crippen MR) is 159 cm³/mol. The van der Waals surface area contributed by atoms with Crippen LogP contribution < -0.4 is 21.5 Å². The molecule has 0 spiro atoms. The third kappa shape index (κ3) is 5.04. The summed E-state index contributed by atoms with van der Waals surface area (Å²) < 4.78 is 9.22. The van der Waals surface area contributed by atoms with E-state index in [-0.39, 0.29) is 29.3 Å². The van der Waals surface area contributed by atoms with Gasteiger partial charge in [0, 0.05) is 50.5 Å². The van der Waals surface area contributed by atoms with Gasteiger partial charge in [0.05, 0.1) is 24.1 Å². The third-order valence-electron chi connectivity index (χ3n) is 7.71. The summed E-state index contributed by atoms with van der Waals surface area (Å²) in [5.41, 5.74) is 0.104. The normalized spacial score (nSPS) is 18.8. The average Bonchev–Trinajstić information content (AvgIpc) is 3.62. The van der Waals surface area contributed by atoms with E-state index in [2.05, 4.69) is 30.2 Å². The molecular formula is C27H32N10O5S. The Labute approximate surface area is 249 Å². The lowest BCUT2D eigenvalue weighted by Crippen LogP contribution is -2.70. The summed E-state index contributed by atoms with van der Waals surface area (Å²) in [5.74, 6) is 0.204. The Balaban J connectivity index is 1.11. The lowest BCUT2D eigenvalue weighted by atomic mass is 9.88. The van der Waals surface area contributed by atoms with Crippen LogP contribution in [0.5, 0.6) is 0 Å². The molecule has 0 radical (unpaired) electrons. The van der Waals surface area contributed by atoms with Crippen LogP contribution in [-0.4, -0.2) is 81.3 Å². The maximum Gasteiger partial charge on any atom is 0.410 e. The molecule has 2 bridgehead atoms. The van der Waals surface area contributed by atoms with Crippen LogP contribution in [0.2, 0.25) is 0 Å². The lowest BCUT2D eigenvalue weighted by molar-refractivity contribution is -0.118. The minimum atomic E-state index is -0.799. The van der Waals surface area contributed by atoms with Gasteiger partial charge >= 0.3 is 11.8 Å². The number of piperazine rings is 1. The molecule has 2 unspecified atom stereocenters.